The Kier molecular flexibility index (Phi) is 2.29. The number of rotatable bonds is 1. The van der Waals surface area contributed by atoms with Gasteiger partial charge in [-0.1, -0.05) is 11.6 Å². The summed E-state index contributed by atoms with van der Waals surface area (Å²) in [5, 5.41) is 8.79. The van der Waals surface area contributed by atoms with E-state index in [9.17, 15) is 0 Å². The number of pyridine rings is 1. The van der Waals surface area contributed by atoms with Crippen molar-refractivity contribution < 1.29 is 0 Å². The molecule has 0 aliphatic heterocycles. The molecule has 1 rings (SSSR count). The number of anilines is 1. The summed E-state index contributed by atoms with van der Waals surface area (Å²) >= 11 is 5.76. The number of hydrogen-bond donors (Lipinski definition) is 1. The summed E-state index contributed by atoms with van der Waals surface area (Å²) in [6.45, 7) is 0. The molecular weight excluding hydrogens is 162 g/mol. The number of halogens is 1. The van der Waals surface area contributed by atoms with Gasteiger partial charge in [0.2, 0.25) is 0 Å². The standard InChI is InChI=1S/C7H6ClN3/c8-7-5(1-2-9)3-11-4-6(7)10/h3-4H,1,10H2. The molecule has 0 bridgehead atoms. The minimum atomic E-state index is 0.247. The van der Waals surface area contributed by atoms with Crippen LogP contribution in [0.15, 0.2) is 12.4 Å². The molecule has 0 aliphatic carbocycles. The molecule has 0 saturated carbocycles. The Balaban J connectivity index is 3.08. The Morgan fingerprint density at radius 1 is 1.64 bits per heavy atom. The summed E-state index contributed by atoms with van der Waals surface area (Å²) in [5.41, 5.74) is 6.54. The average molecular weight is 168 g/mol. The Morgan fingerprint density at radius 2 is 2.36 bits per heavy atom. The van der Waals surface area contributed by atoms with Crippen molar-refractivity contribution in [1.82, 2.24) is 4.98 Å². The fourth-order valence-electron chi connectivity index (χ4n) is 0.715. The number of hydrogen-bond acceptors (Lipinski definition) is 3. The maximum atomic E-state index is 8.36. The highest BCUT2D eigenvalue weighted by molar-refractivity contribution is 6.33. The van der Waals surface area contributed by atoms with Gasteiger partial charge in [-0.3, -0.25) is 4.98 Å². The van der Waals surface area contributed by atoms with Crippen molar-refractivity contribution in [2.75, 3.05) is 5.73 Å². The van der Waals surface area contributed by atoms with Crippen LogP contribution in [0.4, 0.5) is 5.69 Å². The zero-order chi connectivity index (χ0) is 8.27. The Morgan fingerprint density at radius 3 is 3.00 bits per heavy atom. The van der Waals surface area contributed by atoms with E-state index in [1.165, 1.54) is 6.20 Å². The second-order valence-corrected chi connectivity index (χ2v) is 2.41. The third-order valence-corrected chi connectivity index (χ3v) is 1.71. The normalized spacial score (nSPS) is 9.09. The van der Waals surface area contributed by atoms with Crippen LogP contribution in [0.2, 0.25) is 5.02 Å². The summed E-state index contributed by atoms with van der Waals surface area (Å²) < 4.78 is 0. The van der Waals surface area contributed by atoms with Crippen molar-refractivity contribution in [2.24, 2.45) is 0 Å². The number of aromatic nitrogens is 1. The van der Waals surface area contributed by atoms with Gasteiger partial charge in [0.25, 0.3) is 0 Å². The fourth-order valence-corrected chi connectivity index (χ4v) is 0.879. The van der Waals surface area contributed by atoms with E-state index in [1.807, 2.05) is 6.07 Å². The molecule has 11 heavy (non-hydrogen) atoms. The minimum Gasteiger partial charge on any atom is -0.396 e. The van der Waals surface area contributed by atoms with E-state index in [0.29, 0.717) is 16.3 Å². The van der Waals surface area contributed by atoms with E-state index >= 15 is 0 Å². The number of nitrogen functional groups attached to an aromatic ring is 1. The van der Waals surface area contributed by atoms with Crippen LogP contribution >= 0.6 is 11.6 Å². The first-order valence-corrected chi connectivity index (χ1v) is 3.38. The van der Waals surface area contributed by atoms with Gasteiger partial charge in [-0.2, -0.15) is 5.26 Å². The lowest BCUT2D eigenvalue weighted by molar-refractivity contribution is 1.19. The van der Waals surface area contributed by atoms with Crippen LogP contribution in [0.3, 0.4) is 0 Å². The molecule has 0 amide bonds. The molecular formula is C7H6ClN3. The van der Waals surface area contributed by atoms with Crippen molar-refractivity contribution in [3.05, 3.63) is 23.0 Å². The van der Waals surface area contributed by atoms with Gasteiger partial charge in [0.05, 0.1) is 29.4 Å². The second kappa shape index (κ2) is 3.22. The summed E-state index contributed by atoms with van der Waals surface area (Å²) in [6, 6.07) is 1.97. The van der Waals surface area contributed by atoms with Crippen LogP contribution in [-0.2, 0) is 6.42 Å². The average Bonchev–Trinajstić information content (AvgIpc) is 1.99. The predicted molar refractivity (Wildman–Crippen MR) is 43.0 cm³/mol. The molecule has 0 spiro atoms. The Bertz CT molecular complexity index is 303. The molecule has 4 heteroatoms. The summed E-state index contributed by atoms with van der Waals surface area (Å²) in [4.78, 5) is 3.80. The van der Waals surface area contributed by atoms with E-state index in [-0.39, 0.29) is 6.42 Å². The summed E-state index contributed by atoms with van der Waals surface area (Å²) in [6.07, 6.45) is 3.25. The van der Waals surface area contributed by atoms with Gasteiger partial charge in [-0.25, -0.2) is 0 Å². The molecule has 2 N–H and O–H groups in total. The Hall–Kier alpha value is -1.27. The lowest BCUT2D eigenvalue weighted by atomic mass is 10.2. The van der Waals surface area contributed by atoms with Crippen LogP contribution < -0.4 is 5.73 Å². The van der Waals surface area contributed by atoms with Crippen molar-refractivity contribution in [3.63, 3.8) is 0 Å². The maximum absolute atomic E-state index is 8.36. The number of nitrogens with zero attached hydrogens (tertiary/aromatic N) is 2. The topological polar surface area (TPSA) is 62.7 Å². The molecule has 0 aromatic carbocycles. The lowest BCUT2D eigenvalue weighted by Gasteiger charge is -1.99. The van der Waals surface area contributed by atoms with Crippen LogP contribution in [0.1, 0.15) is 5.56 Å². The maximum Gasteiger partial charge on any atom is 0.0709 e. The zero-order valence-electron chi connectivity index (χ0n) is 5.71. The van der Waals surface area contributed by atoms with Crippen molar-refractivity contribution in [1.29, 1.82) is 5.26 Å². The smallest absolute Gasteiger partial charge is 0.0709 e. The van der Waals surface area contributed by atoms with E-state index in [2.05, 4.69) is 4.98 Å². The molecule has 0 saturated heterocycles. The molecule has 56 valence electrons. The minimum absolute atomic E-state index is 0.247. The van der Waals surface area contributed by atoms with Gasteiger partial charge in [0.1, 0.15) is 0 Å². The van der Waals surface area contributed by atoms with Crippen LogP contribution in [0.5, 0.6) is 0 Å². The largest absolute Gasteiger partial charge is 0.396 e. The molecule has 0 radical (unpaired) electrons. The highest BCUT2D eigenvalue weighted by Crippen LogP contribution is 2.21. The van der Waals surface area contributed by atoms with Crippen LogP contribution in [0, 0.1) is 11.3 Å². The van der Waals surface area contributed by atoms with E-state index in [1.54, 1.807) is 6.20 Å². The second-order valence-electron chi connectivity index (χ2n) is 2.04. The molecule has 0 unspecified atom stereocenters. The fraction of sp³-hybridized carbons (Fsp3) is 0.143. The first-order valence-electron chi connectivity index (χ1n) is 3.00. The van der Waals surface area contributed by atoms with Gasteiger partial charge >= 0.3 is 0 Å². The van der Waals surface area contributed by atoms with Crippen LogP contribution in [0.25, 0.3) is 0 Å². The molecule has 0 atom stereocenters. The van der Waals surface area contributed by atoms with Crippen LogP contribution in [-0.4, -0.2) is 4.98 Å². The molecule has 3 nitrogen and oxygen atoms in total. The van der Waals surface area contributed by atoms with E-state index < -0.39 is 0 Å². The summed E-state index contributed by atoms with van der Waals surface area (Å²) in [5.74, 6) is 0. The monoisotopic (exact) mass is 167 g/mol. The van der Waals surface area contributed by atoms with Gasteiger partial charge in [0.15, 0.2) is 0 Å². The van der Waals surface area contributed by atoms with Crippen molar-refractivity contribution in [2.45, 2.75) is 6.42 Å². The molecule has 1 aromatic rings. The zero-order valence-corrected chi connectivity index (χ0v) is 6.47. The van der Waals surface area contributed by atoms with Gasteiger partial charge in [-0.05, 0) is 0 Å². The van der Waals surface area contributed by atoms with Crippen molar-refractivity contribution in [3.8, 4) is 6.07 Å². The highest BCUT2D eigenvalue weighted by atomic mass is 35.5. The summed E-state index contributed by atoms with van der Waals surface area (Å²) in [7, 11) is 0. The molecule has 0 fully saturated rings. The van der Waals surface area contributed by atoms with Gasteiger partial charge in [-0.15, -0.1) is 0 Å². The predicted octanol–water partition coefficient (Wildman–Crippen LogP) is 1.38. The SMILES string of the molecule is N#CCc1cncc(N)c1Cl. The lowest BCUT2D eigenvalue weighted by Crippen LogP contribution is -1.92. The first-order chi connectivity index (χ1) is 5.25. The third-order valence-electron chi connectivity index (χ3n) is 1.25. The van der Waals surface area contributed by atoms with Gasteiger partial charge in [0, 0.05) is 11.8 Å². The number of nitriles is 1. The van der Waals surface area contributed by atoms with E-state index in [4.69, 9.17) is 22.6 Å². The quantitative estimate of drug-likeness (QED) is 0.688. The first kappa shape index (κ1) is 7.83. The molecule has 0 aliphatic rings. The number of nitrogens with two attached hydrogens (primary N) is 1. The Labute approximate surface area is 69.4 Å². The van der Waals surface area contributed by atoms with Gasteiger partial charge < -0.3 is 5.73 Å². The highest BCUT2D eigenvalue weighted by Gasteiger charge is 2.02. The van der Waals surface area contributed by atoms with Crippen molar-refractivity contribution >= 4 is 17.3 Å². The molecule has 1 heterocycles. The third kappa shape index (κ3) is 1.60. The molecule has 1 aromatic heterocycles. The van der Waals surface area contributed by atoms with E-state index in [0.717, 1.165) is 0 Å².